The van der Waals surface area contributed by atoms with Crippen LogP contribution in [-0.4, -0.2) is 37.5 Å². The fourth-order valence-corrected chi connectivity index (χ4v) is 1.64. The van der Waals surface area contributed by atoms with Crippen molar-refractivity contribution in [2.24, 2.45) is 17.6 Å². The molecule has 0 heterocycles. The van der Waals surface area contributed by atoms with Crippen molar-refractivity contribution >= 4 is 5.97 Å². The quantitative estimate of drug-likeness (QED) is 0.562. The molecule has 0 rings (SSSR count). The van der Waals surface area contributed by atoms with Crippen molar-refractivity contribution in [3.63, 3.8) is 0 Å². The molecular weight excluding hydrogens is 213 g/mol. The zero-order valence-corrected chi connectivity index (χ0v) is 9.82. The van der Waals surface area contributed by atoms with E-state index in [1.807, 2.05) is 6.92 Å². The van der Waals surface area contributed by atoms with Gasteiger partial charge in [0, 0.05) is 13.0 Å². The van der Waals surface area contributed by atoms with E-state index in [2.05, 4.69) is 0 Å². The molecule has 3 N–H and O–H groups in total. The van der Waals surface area contributed by atoms with Crippen LogP contribution < -0.4 is 5.73 Å². The number of hydrogen-bond acceptors (Lipinski definition) is 3. The van der Waals surface area contributed by atoms with Crippen LogP contribution in [0.15, 0.2) is 0 Å². The standard InChI is InChI=1S/C11H22FNO3/c1-9(2-4-16-5-3-12)6-10(8-13)7-11(14)15/h9-10H,2-8,13H2,1H3,(H,14,15)/t9-,10+/m1/s1. The Morgan fingerprint density at radius 3 is 2.69 bits per heavy atom. The lowest BCUT2D eigenvalue weighted by atomic mass is 9.91. The van der Waals surface area contributed by atoms with Crippen LogP contribution in [0.1, 0.15) is 26.2 Å². The summed E-state index contributed by atoms with van der Waals surface area (Å²) < 4.78 is 16.7. The van der Waals surface area contributed by atoms with Gasteiger partial charge >= 0.3 is 5.97 Å². The van der Waals surface area contributed by atoms with Gasteiger partial charge in [0.1, 0.15) is 6.67 Å². The number of aliphatic carboxylic acids is 1. The van der Waals surface area contributed by atoms with E-state index in [0.717, 1.165) is 12.8 Å². The van der Waals surface area contributed by atoms with Gasteiger partial charge in [-0.3, -0.25) is 4.79 Å². The second-order valence-corrected chi connectivity index (χ2v) is 4.13. The van der Waals surface area contributed by atoms with E-state index in [1.54, 1.807) is 0 Å². The molecule has 0 aromatic rings. The maximum absolute atomic E-state index is 11.7. The summed E-state index contributed by atoms with van der Waals surface area (Å²) in [6.07, 6.45) is 1.71. The number of carboxylic acid groups (broad SMARTS) is 1. The van der Waals surface area contributed by atoms with Crippen LogP contribution in [0.4, 0.5) is 4.39 Å². The summed E-state index contributed by atoms with van der Waals surface area (Å²) in [5.74, 6) is -0.433. The lowest BCUT2D eigenvalue weighted by molar-refractivity contribution is -0.138. The van der Waals surface area contributed by atoms with Crippen molar-refractivity contribution in [2.75, 3.05) is 26.4 Å². The van der Waals surface area contributed by atoms with E-state index < -0.39 is 12.6 Å². The molecule has 16 heavy (non-hydrogen) atoms. The van der Waals surface area contributed by atoms with Crippen LogP contribution in [0.5, 0.6) is 0 Å². The number of ether oxygens (including phenoxy) is 1. The summed E-state index contributed by atoms with van der Waals surface area (Å²) >= 11 is 0. The number of hydrogen-bond donors (Lipinski definition) is 2. The van der Waals surface area contributed by atoms with E-state index in [-0.39, 0.29) is 18.9 Å². The van der Waals surface area contributed by atoms with Crippen molar-refractivity contribution in [3.8, 4) is 0 Å². The first kappa shape index (κ1) is 15.3. The van der Waals surface area contributed by atoms with E-state index >= 15 is 0 Å². The van der Waals surface area contributed by atoms with E-state index in [4.69, 9.17) is 15.6 Å². The number of alkyl halides is 1. The lowest BCUT2D eigenvalue weighted by Gasteiger charge is -2.17. The Hall–Kier alpha value is -0.680. The minimum Gasteiger partial charge on any atom is -0.481 e. The van der Waals surface area contributed by atoms with Crippen molar-refractivity contribution in [3.05, 3.63) is 0 Å². The molecule has 0 aliphatic rings. The molecule has 0 amide bonds. The maximum atomic E-state index is 11.7. The molecule has 0 saturated heterocycles. The molecule has 0 radical (unpaired) electrons. The van der Waals surface area contributed by atoms with Crippen LogP contribution >= 0.6 is 0 Å². The van der Waals surface area contributed by atoms with E-state index in [1.165, 1.54) is 0 Å². The lowest BCUT2D eigenvalue weighted by Crippen LogP contribution is -2.21. The molecule has 0 aromatic heterocycles. The molecule has 0 bridgehead atoms. The number of halogens is 1. The molecule has 5 heteroatoms. The minimum atomic E-state index is -0.809. The van der Waals surface area contributed by atoms with Crippen LogP contribution in [0.2, 0.25) is 0 Å². The monoisotopic (exact) mass is 235 g/mol. The second kappa shape index (κ2) is 9.54. The normalized spacial score (nSPS) is 14.7. The first-order valence-corrected chi connectivity index (χ1v) is 5.65. The third-order valence-corrected chi connectivity index (χ3v) is 2.51. The predicted molar refractivity (Wildman–Crippen MR) is 60.0 cm³/mol. The highest BCUT2D eigenvalue weighted by molar-refractivity contribution is 5.67. The topological polar surface area (TPSA) is 72.5 Å². The van der Waals surface area contributed by atoms with Gasteiger partial charge in [-0.2, -0.15) is 0 Å². The van der Waals surface area contributed by atoms with E-state index in [9.17, 15) is 9.18 Å². The molecule has 0 aromatic carbocycles. The van der Waals surface area contributed by atoms with Crippen molar-refractivity contribution in [1.29, 1.82) is 0 Å². The van der Waals surface area contributed by atoms with Crippen LogP contribution in [0.3, 0.4) is 0 Å². The number of carboxylic acids is 1. The Labute approximate surface area is 96.0 Å². The van der Waals surface area contributed by atoms with Gasteiger partial charge in [0.15, 0.2) is 0 Å². The van der Waals surface area contributed by atoms with Crippen LogP contribution in [-0.2, 0) is 9.53 Å². The molecule has 96 valence electrons. The largest absolute Gasteiger partial charge is 0.481 e. The van der Waals surface area contributed by atoms with Gasteiger partial charge in [-0.05, 0) is 31.2 Å². The minimum absolute atomic E-state index is 0.0219. The van der Waals surface area contributed by atoms with Gasteiger partial charge in [-0.15, -0.1) is 0 Å². The maximum Gasteiger partial charge on any atom is 0.303 e. The number of rotatable bonds is 10. The first-order valence-electron chi connectivity index (χ1n) is 5.65. The summed E-state index contributed by atoms with van der Waals surface area (Å²) in [6, 6.07) is 0. The van der Waals surface area contributed by atoms with Gasteiger partial charge in [0.05, 0.1) is 6.61 Å². The zero-order valence-electron chi connectivity index (χ0n) is 9.82. The molecule has 0 aliphatic heterocycles. The molecule has 0 saturated carbocycles. The Kier molecular flexibility index (Phi) is 9.13. The van der Waals surface area contributed by atoms with Gasteiger partial charge in [-0.1, -0.05) is 6.92 Å². The Bertz CT molecular complexity index is 190. The average molecular weight is 235 g/mol. The third-order valence-electron chi connectivity index (χ3n) is 2.51. The van der Waals surface area contributed by atoms with E-state index in [0.29, 0.717) is 19.1 Å². The first-order chi connectivity index (χ1) is 7.60. The van der Waals surface area contributed by atoms with Gasteiger partial charge in [0.25, 0.3) is 0 Å². The number of carbonyl (C=O) groups is 1. The average Bonchev–Trinajstić information content (AvgIpc) is 2.23. The molecular formula is C11H22FNO3. The molecule has 4 nitrogen and oxygen atoms in total. The highest BCUT2D eigenvalue weighted by Crippen LogP contribution is 2.17. The fraction of sp³-hybridized carbons (Fsp3) is 0.909. The van der Waals surface area contributed by atoms with Gasteiger partial charge in [-0.25, -0.2) is 4.39 Å². The Balaban J connectivity index is 3.65. The third kappa shape index (κ3) is 8.61. The Morgan fingerprint density at radius 1 is 1.50 bits per heavy atom. The smallest absolute Gasteiger partial charge is 0.303 e. The summed E-state index contributed by atoms with van der Waals surface area (Å²) in [5, 5.41) is 8.65. The second-order valence-electron chi connectivity index (χ2n) is 4.13. The molecule has 2 atom stereocenters. The SMILES string of the molecule is C[C@H](CCOCCF)C[C@H](CN)CC(=O)O. The molecule has 0 spiro atoms. The van der Waals surface area contributed by atoms with Crippen molar-refractivity contribution in [1.82, 2.24) is 0 Å². The predicted octanol–water partition coefficient (Wildman–Crippen LogP) is 1.44. The zero-order chi connectivity index (χ0) is 12.4. The van der Waals surface area contributed by atoms with Crippen molar-refractivity contribution < 1.29 is 19.0 Å². The highest BCUT2D eigenvalue weighted by Gasteiger charge is 2.15. The summed E-state index contributed by atoms with van der Waals surface area (Å²) in [7, 11) is 0. The summed E-state index contributed by atoms with van der Waals surface area (Å²) in [5.41, 5.74) is 5.50. The van der Waals surface area contributed by atoms with Gasteiger partial charge in [0.2, 0.25) is 0 Å². The molecule has 0 aliphatic carbocycles. The molecule has 0 unspecified atom stereocenters. The summed E-state index contributed by atoms with van der Waals surface area (Å²) in [6.45, 7) is 2.63. The van der Waals surface area contributed by atoms with Crippen molar-refractivity contribution in [2.45, 2.75) is 26.2 Å². The summed E-state index contributed by atoms with van der Waals surface area (Å²) in [4.78, 5) is 10.5. The fourth-order valence-electron chi connectivity index (χ4n) is 1.64. The van der Waals surface area contributed by atoms with Gasteiger partial charge < -0.3 is 15.6 Å². The molecule has 0 fully saturated rings. The number of nitrogens with two attached hydrogens (primary N) is 1. The highest BCUT2D eigenvalue weighted by atomic mass is 19.1. The Morgan fingerprint density at radius 2 is 2.19 bits per heavy atom. The van der Waals surface area contributed by atoms with Crippen LogP contribution in [0.25, 0.3) is 0 Å². The van der Waals surface area contributed by atoms with Crippen LogP contribution in [0, 0.1) is 11.8 Å².